The quantitative estimate of drug-likeness (QED) is 0.624. The van der Waals surface area contributed by atoms with Gasteiger partial charge < -0.3 is 15.0 Å². The molecule has 28 heavy (non-hydrogen) atoms. The van der Waals surface area contributed by atoms with Gasteiger partial charge >= 0.3 is 0 Å². The van der Waals surface area contributed by atoms with Crippen LogP contribution in [0.15, 0.2) is 48.5 Å². The maximum Gasteiger partial charge on any atom is 0.265 e. The summed E-state index contributed by atoms with van der Waals surface area (Å²) in [7, 11) is 0. The number of anilines is 1. The zero-order chi connectivity index (χ0) is 19.3. The molecule has 0 saturated carbocycles. The summed E-state index contributed by atoms with van der Waals surface area (Å²) in [6.07, 6.45) is 1.95. The van der Waals surface area contributed by atoms with Crippen molar-refractivity contribution in [1.82, 2.24) is 10.3 Å². The van der Waals surface area contributed by atoms with Crippen molar-refractivity contribution in [3.05, 3.63) is 53.5 Å². The number of nitrogens with zero attached hydrogens (tertiary/aromatic N) is 2. The van der Waals surface area contributed by atoms with Crippen molar-refractivity contribution in [3.63, 3.8) is 0 Å². The Hall–Kier alpha value is -2.93. The van der Waals surface area contributed by atoms with Gasteiger partial charge in [0.15, 0.2) is 6.61 Å². The Morgan fingerprint density at radius 2 is 2.00 bits per heavy atom. The summed E-state index contributed by atoms with van der Waals surface area (Å²) in [6, 6.07) is 15.5. The van der Waals surface area contributed by atoms with E-state index in [2.05, 4.69) is 16.4 Å². The van der Waals surface area contributed by atoms with Crippen LogP contribution in [0.5, 0.6) is 5.75 Å². The summed E-state index contributed by atoms with van der Waals surface area (Å²) >= 11 is 1.70. The molecule has 1 aliphatic heterocycles. The number of carbonyl (C=O) groups excluding carboxylic acids is 2. The molecule has 1 aliphatic rings. The van der Waals surface area contributed by atoms with Gasteiger partial charge in [-0.15, -0.1) is 11.3 Å². The van der Waals surface area contributed by atoms with E-state index in [4.69, 9.17) is 4.74 Å². The molecule has 7 heteroatoms. The number of para-hydroxylation sites is 3. The Bertz CT molecular complexity index is 968. The van der Waals surface area contributed by atoms with Crippen molar-refractivity contribution in [3.8, 4) is 5.75 Å². The topological polar surface area (TPSA) is 71.5 Å². The molecular formula is C21H21N3O3S. The smallest absolute Gasteiger partial charge is 0.265 e. The van der Waals surface area contributed by atoms with E-state index in [0.29, 0.717) is 18.8 Å². The normalized spacial score (nSPS) is 13.3. The summed E-state index contributed by atoms with van der Waals surface area (Å²) in [5.41, 5.74) is 1.75. The number of benzene rings is 2. The molecule has 6 nitrogen and oxygen atoms in total. The van der Waals surface area contributed by atoms with E-state index in [-0.39, 0.29) is 24.8 Å². The summed E-state index contributed by atoms with van der Waals surface area (Å²) in [5, 5.41) is 4.02. The lowest BCUT2D eigenvalue weighted by molar-refractivity contribution is -0.122. The van der Waals surface area contributed by atoms with E-state index in [9.17, 15) is 9.59 Å². The Morgan fingerprint density at radius 3 is 2.89 bits per heavy atom. The minimum atomic E-state index is -0.123. The van der Waals surface area contributed by atoms with Crippen molar-refractivity contribution in [2.24, 2.45) is 0 Å². The van der Waals surface area contributed by atoms with E-state index in [1.54, 1.807) is 16.2 Å². The van der Waals surface area contributed by atoms with Gasteiger partial charge in [-0.05, 0) is 30.7 Å². The van der Waals surface area contributed by atoms with E-state index in [0.717, 1.165) is 29.1 Å². The molecule has 1 N–H and O–H groups in total. The molecule has 0 fully saturated rings. The van der Waals surface area contributed by atoms with Crippen LogP contribution in [-0.4, -0.2) is 36.5 Å². The SMILES string of the molecule is O=C(CCN1C(=O)COc2ccccc21)NCCCc1nc2ccccc2s1. The number of nitrogens with one attached hydrogen (secondary N) is 1. The van der Waals surface area contributed by atoms with Gasteiger partial charge in [0.25, 0.3) is 5.91 Å². The third-order valence-corrected chi connectivity index (χ3v) is 5.69. The first kappa shape index (κ1) is 18.4. The lowest BCUT2D eigenvalue weighted by Gasteiger charge is -2.29. The van der Waals surface area contributed by atoms with Crippen molar-refractivity contribution in [1.29, 1.82) is 0 Å². The van der Waals surface area contributed by atoms with Crippen LogP contribution >= 0.6 is 11.3 Å². The lowest BCUT2D eigenvalue weighted by Crippen LogP contribution is -2.41. The van der Waals surface area contributed by atoms with Gasteiger partial charge in [-0.25, -0.2) is 4.98 Å². The number of fused-ring (bicyclic) bond motifs is 2. The third kappa shape index (κ3) is 4.14. The number of thiazole rings is 1. The second-order valence-corrected chi connectivity index (χ2v) is 7.70. The molecule has 2 amide bonds. The van der Waals surface area contributed by atoms with Crippen molar-refractivity contribution in [2.45, 2.75) is 19.3 Å². The molecule has 3 aromatic rings. The van der Waals surface area contributed by atoms with Crippen LogP contribution in [0.3, 0.4) is 0 Å². The summed E-state index contributed by atoms with van der Waals surface area (Å²) in [5.74, 6) is 0.502. The largest absolute Gasteiger partial charge is 0.482 e. The fraction of sp³-hybridized carbons (Fsp3) is 0.286. The Kier molecular flexibility index (Phi) is 5.53. The van der Waals surface area contributed by atoms with Gasteiger partial charge in [-0.3, -0.25) is 9.59 Å². The molecular weight excluding hydrogens is 374 g/mol. The van der Waals surface area contributed by atoms with Crippen LogP contribution in [0, 0.1) is 0 Å². The molecule has 1 aromatic heterocycles. The molecule has 0 unspecified atom stereocenters. The predicted molar refractivity (Wildman–Crippen MR) is 110 cm³/mol. The highest BCUT2D eigenvalue weighted by molar-refractivity contribution is 7.18. The zero-order valence-electron chi connectivity index (χ0n) is 15.4. The van der Waals surface area contributed by atoms with Gasteiger partial charge in [0.05, 0.1) is 20.9 Å². The maximum atomic E-state index is 12.2. The van der Waals surface area contributed by atoms with Gasteiger partial charge in [0.2, 0.25) is 5.91 Å². The minimum Gasteiger partial charge on any atom is -0.482 e. The van der Waals surface area contributed by atoms with Gasteiger partial charge in [-0.2, -0.15) is 0 Å². The first-order valence-corrected chi connectivity index (χ1v) is 10.2. The van der Waals surface area contributed by atoms with Crippen LogP contribution in [-0.2, 0) is 16.0 Å². The van der Waals surface area contributed by atoms with E-state index < -0.39 is 0 Å². The number of ether oxygens (including phenoxy) is 1. The molecule has 2 aromatic carbocycles. The minimum absolute atomic E-state index is 0.0147. The average molecular weight is 395 g/mol. The standard InChI is InChI=1S/C21H21N3O3S/c25-19(11-13-24-16-7-2-3-8-17(16)27-14-21(24)26)22-12-5-10-20-23-15-6-1-4-9-18(15)28-20/h1-4,6-9H,5,10-14H2,(H,22,25). The van der Waals surface area contributed by atoms with Gasteiger partial charge in [-0.1, -0.05) is 24.3 Å². The molecule has 2 heterocycles. The first-order chi connectivity index (χ1) is 13.7. The molecule has 0 bridgehead atoms. The lowest BCUT2D eigenvalue weighted by atomic mass is 10.2. The number of hydrogen-bond donors (Lipinski definition) is 1. The number of carbonyl (C=O) groups is 2. The Labute approximate surface area is 167 Å². The predicted octanol–water partition coefficient (Wildman–Crippen LogP) is 3.16. The zero-order valence-corrected chi connectivity index (χ0v) is 16.2. The highest BCUT2D eigenvalue weighted by Gasteiger charge is 2.25. The van der Waals surface area contributed by atoms with Crippen LogP contribution in [0.4, 0.5) is 5.69 Å². The highest BCUT2D eigenvalue weighted by Crippen LogP contribution is 2.31. The number of rotatable bonds is 7. The highest BCUT2D eigenvalue weighted by atomic mass is 32.1. The van der Waals surface area contributed by atoms with Crippen LogP contribution < -0.4 is 15.0 Å². The summed E-state index contributed by atoms with van der Waals surface area (Å²) in [6.45, 7) is 0.964. The van der Waals surface area contributed by atoms with E-state index >= 15 is 0 Å². The maximum absolute atomic E-state index is 12.2. The molecule has 0 atom stereocenters. The number of amides is 2. The average Bonchev–Trinajstić information content (AvgIpc) is 3.13. The van der Waals surface area contributed by atoms with Crippen molar-refractivity contribution < 1.29 is 14.3 Å². The van der Waals surface area contributed by atoms with Crippen molar-refractivity contribution in [2.75, 3.05) is 24.6 Å². The van der Waals surface area contributed by atoms with Crippen LogP contribution in [0.25, 0.3) is 10.2 Å². The second-order valence-electron chi connectivity index (χ2n) is 6.58. The van der Waals surface area contributed by atoms with Crippen molar-refractivity contribution >= 4 is 39.1 Å². The first-order valence-electron chi connectivity index (χ1n) is 9.34. The monoisotopic (exact) mass is 395 g/mol. The number of aryl methyl sites for hydroxylation is 1. The molecule has 144 valence electrons. The Morgan fingerprint density at radius 1 is 1.18 bits per heavy atom. The van der Waals surface area contributed by atoms with Gasteiger partial charge in [0.1, 0.15) is 5.75 Å². The molecule has 0 saturated heterocycles. The second kappa shape index (κ2) is 8.39. The number of hydrogen-bond acceptors (Lipinski definition) is 5. The number of aromatic nitrogens is 1. The Balaban J connectivity index is 1.22. The summed E-state index contributed by atoms with van der Waals surface area (Å²) in [4.78, 5) is 30.5. The third-order valence-electron chi connectivity index (χ3n) is 4.60. The fourth-order valence-corrected chi connectivity index (χ4v) is 4.20. The van der Waals surface area contributed by atoms with E-state index in [1.807, 2.05) is 42.5 Å². The van der Waals surface area contributed by atoms with Crippen LogP contribution in [0.1, 0.15) is 17.8 Å². The fourth-order valence-electron chi connectivity index (χ4n) is 3.20. The molecule has 0 aliphatic carbocycles. The molecule has 0 spiro atoms. The molecule has 0 radical (unpaired) electrons. The van der Waals surface area contributed by atoms with Gasteiger partial charge in [0, 0.05) is 25.9 Å². The van der Waals surface area contributed by atoms with E-state index in [1.165, 1.54) is 4.70 Å². The summed E-state index contributed by atoms with van der Waals surface area (Å²) < 4.78 is 6.61. The van der Waals surface area contributed by atoms with Crippen LogP contribution in [0.2, 0.25) is 0 Å². The molecule has 4 rings (SSSR count).